The predicted molar refractivity (Wildman–Crippen MR) is 272 cm³/mol. The van der Waals surface area contributed by atoms with Crippen LogP contribution in [0.5, 0.6) is 0 Å². The Labute approximate surface area is 390 Å². The topological polar surface area (TPSA) is 33.6 Å². The van der Waals surface area contributed by atoms with Crippen LogP contribution in [0, 0.1) is 11.3 Å². The molecule has 6 heteroatoms. The van der Waals surface area contributed by atoms with Gasteiger partial charge < -0.3 is 9.13 Å². The average molecular weight is 882 g/mol. The highest BCUT2D eigenvalue weighted by molar-refractivity contribution is 6.13. The number of rotatable bonds is 7. The molecule has 0 radical (unpaired) electrons. The number of fused-ring (bicyclic) bond motifs is 6. The van der Waals surface area contributed by atoms with E-state index in [9.17, 15) is 5.26 Å². The van der Waals surface area contributed by atoms with Gasteiger partial charge in [0.05, 0.1) is 39.0 Å². The van der Waals surface area contributed by atoms with E-state index >= 15 is 13.2 Å². The van der Waals surface area contributed by atoms with Crippen molar-refractivity contribution in [2.75, 3.05) is 0 Å². The Kier molecular flexibility index (Phi) is 9.67. The maximum absolute atomic E-state index is 15.2. The van der Waals surface area contributed by atoms with E-state index in [1.807, 2.05) is 72.8 Å². The Morgan fingerprint density at radius 1 is 0.324 bits per heavy atom. The maximum Gasteiger partial charge on any atom is 0.417 e. The molecule has 3 nitrogen and oxygen atoms in total. The lowest BCUT2D eigenvalue weighted by atomic mass is 9.95. The van der Waals surface area contributed by atoms with Crippen molar-refractivity contribution < 1.29 is 13.2 Å². The minimum Gasteiger partial charge on any atom is -0.308 e. The van der Waals surface area contributed by atoms with Crippen LogP contribution in [0.4, 0.5) is 13.2 Å². The number of nitriles is 1. The molecular weight excluding hydrogens is 844 g/mol. The fourth-order valence-corrected chi connectivity index (χ4v) is 10.0. The number of nitrogens with zero attached hydrogens (tertiary/aromatic N) is 3. The van der Waals surface area contributed by atoms with Crippen LogP contribution in [0.3, 0.4) is 0 Å². The summed E-state index contributed by atoms with van der Waals surface area (Å²) in [5.74, 6) is 0. The standard InChI is InChI=1S/C62H38F3N3/c63-62(64,65)55-24-14-13-23-49(55)48-37-60(67-56-33-44(40-15-5-1-6-16-40)25-29-50(56)51-30-26-45(34-57(51)67)41-17-7-2-8-18-41)54(39-66)61(38-48)68-58-35-46(42-19-9-3-10-20-42)27-31-52(58)53-32-28-47(36-59(53)68)43-21-11-4-12-22-43/h1-38H. The van der Waals surface area contributed by atoms with E-state index in [4.69, 9.17) is 0 Å². The largest absolute Gasteiger partial charge is 0.417 e. The van der Waals surface area contributed by atoms with Crippen molar-refractivity contribution in [3.8, 4) is 73.1 Å². The summed E-state index contributed by atoms with van der Waals surface area (Å²) in [5.41, 5.74) is 12.0. The fourth-order valence-electron chi connectivity index (χ4n) is 10.0. The van der Waals surface area contributed by atoms with Gasteiger partial charge in [-0.05, 0) is 98.1 Å². The number of alkyl halides is 3. The molecule has 12 aromatic rings. The lowest BCUT2D eigenvalue weighted by Gasteiger charge is -2.20. The van der Waals surface area contributed by atoms with Crippen LogP contribution in [-0.2, 0) is 6.18 Å². The normalized spacial score (nSPS) is 11.7. The molecular formula is C62H38F3N3. The predicted octanol–water partition coefficient (Wildman–Crippen LogP) is 17.1. The summed E-state index contributed by atoms with van der Waals surface area (Å²) in [6, 6.07) is 77.7. The third-order valence-electron chi connectivity index (χ3n) is 13.2. The minimum atomic E-state index is -4.66. The molecule has 0 aliphatic heterocycles. The Morgan fingerprint density at radius 3 is 0.941 bits per heavy atom. The molecule has 0 amide bonds. The van der Waals surface area contributed by atoms with E-state index in [1.165, 1.54) is 12.1 Å². The molecule has 0 unspecified atom stereocenters. The summed E-state index contributed by atoms with van der Waals surface area (Å²) in [4.78, 5) is 0. The lowest BCUT2D eigenvalue weighted by molar-refractivity contribution is -0.137. The highest BCUT2D eigenvalue weighted by Crippen LogP contribution is 2.45. The van der Waals surface area contributed by atoms with Gasteiger partial charge in [0, 0.05) is 21.5 Å². The summed E-state index contributed by atoms with van der Waals surface area (Å²) < 4.78 is 49.8. The van der Waals surface area contributed by atoms with Gasteiger partial charge >= 0.3 is 6.18 Å². The molecule has 0 saturated carbocycles. The van der Waals surface area contributed by atoms with Gasteiger partial charge in [0.15, 0.2) is 0 Å². The first kappa shape index (κ1) is 40.6. The molecule has 0 spiro atoms. The van der Waals surface area contributed by atoms with Crippen LogP contribution < -0.4 is 0 Å². The van der Waals surface area contributed by atoms with E-state index in [1.54, 1.807) is 18.2 Å². The number of aromatic nitrogens is 2. The highest BCUT2D eigenvalue weighted by atomic mass is 19.4. The third-order valence-corrected chi connectivity index (χ3v) is 13.2. The Hall–Kier alpha value is -8.92. The van der Waals surface area contributed by atoms with Crippen molar-refractivity contribution in [1.82, 2.24) is 9.13 Å². The Morgan fingerprint density at radius 2 is 0.632 bits per heavy atom. The van der Waals surface area contributed by atoms with E-state index in [2.05, 4.69) is 137 Å². The average Bonchev–Trinajstić information content (AvgIpc) is 3.90. The zero-order valence-electron chi connectivity index (χ0n) is 36.4. The number of hydrogen-bond acceptors (Lipinski definition) is 1. The summed E-state index contributed by atoms with van der Waals surface area (Å²) in [6.07, 6.45) is -4.66. The van der Waals surface area contributed by atoms with Crippen molar-refractivity contribution in [2.45, 2.75) is 6.18 Å². The zero-order valence-corrected chi connectivity index (χ0v) is 36.4. The van der Waals surface area contributed by atoms with Crippen molar-refractivity contribution in [3.63, 3.8) is 0 Å². The molecule has 68 heavy (non-hydrogen) atoms. The first-order valence-electron chi connectivity index (χ1n) is 22.5. The first-order chi connectivity index (χ1) is 33.3. The SMILES string of the molecule is N#Cc1c(-n2c3cc(-c4ccccc4)ccc3c3ccc(-c4ccccc4)cc32)cc(-c2ccccc2C(F)(F)F)cc1-n1c2cc(-c3ccccc3)ccc2c2ccc(-c3ccccc3)cc21. The zero-order chi connectivity index (χ0) is 45.9. The van der Waals surface area contributed by atoms with Crippen molar-refractivity contribution in [2.24, 2.45) is 0 Å². The van der Waals surface area contributed by atoms with Gasteiger partial charge in [-0.15, -0.1) is 0 Å². The van der Waals surface area contributed by atoms with Crippen LogP contribution in [0.2, 0.25) is 0 Å². The molecule has 0 atom stereocenters. The highest BCUT2D eigenvalue weighted by Gasteiger charge is 2.34. The van der Waals surface area contributed by atoms with Crippen molar-refractivity contribution in [1.29, 1.82) is 5.26 Å². The second-order valence-electron chi connectivity index (χ2n) is 17.1. The van der Waals surface area contributed by atoms with Crippen LogP contribution in [-0.4, -0.2) is 9.13 Å². The minimum absolute atomic E-state index is 0.0124. The molecule has 2 heterocycles. The van der Waals surface area contributed by atoms with Gasteiger partial charge in [-0.2, -0.15) is 18.4 Å². The molecule has 2 aromatic heterocycles. The van der Waals surface area contributed by atoms with Crippen molar-refractivity contribution >= 4 is 43.6 Å². The second kappa shape index (κ2) is 16.2. The van der Waals surface area contributed by atoms with Gasteiger partial charge in [0.1, 0.15) is 11.6 Å². The second-order valence-corrected chi connectivity index (χ2v) is 17.1. The van der Waals surface area contributed by atoms with Gasteiger partial charge in [0.25, 0.3) is 0 Å². The molecule has 0 saturated heterocycles. The van der Waals surface area contributed by atoms with E-state index in [0.717, 1.165) is 94.2 Å². The van der Waals surface area contributed by atoms with Gasteiger partial charge in [-0.25, -0.2) is 0 Å². The summed E-state index contributed by atoms with van der Waals surface area (Å²) >= 11 is 0. The van der Waals surface area contributed by atoms with Gasteiger partial charge in [-0.1, -0.05) is 188 Å². The molecule has 12 rings (SSSR count). The lowest BCUT2D eigenvalue weighted by Crippen LogP contribution is -2.09. The number of benzene rings is 10. The molecule has 10 aromatic carbocycles. The van der Waals surface area contributed by atoms with Crippen LogP contribution in [0.1, 0.15) is 11.1 Å². The quantitative estimate of drug-likeness (QED) is 0.157. The number of hydrogen-bond donors (Lipinski definition) is 0. The molecule has 0 bridgehead atoms. The smallest absolute Gasteiger partial charge is 0.308 e. The monoisotopic (exact) mass is 881 g/mol. The first-order valence-corrected chi connectivity index (χ1v) is 22.5. The van der Waals surface area contributed by atoms with Crippen LogP contribution >= 0.6 is 0 Å². The molecule has 0 fully saturated rings. The molecule has 0 N–H and O–H groups in total. The Balaban J connectivity index is 1.25. The molecule has 322 valence electrons. The van der Waals surface area contributed by atoms with Gasteiger partial charge in [0.2, 0.25) is 0 Å². The molecule has 0 aliphatic carbocycles. The van der Waals surface area contributed by atoms with Crippen LogP contribution in [0.15, 0.2) is 231 Å². The Bertz CT molecular complexity index is 3520. The summed E-state index contributed by atoms with van der Waals surface area (Å²) in [7, 11) is 0. The van der Waals surface area contributed by atoms with Crippen LogP contribution in [0.25, 0.3) is 111 Å². The van der Waals surface area contributed by atoms with E-state index in [0.29, 0.717) is 22.5 Å². The number of halogens is 3. The summed E-state index contributed by atoms with van der Waals surface area (Å²) in [6.45, 7) is 0. The van der Waals surface area contributed by atoms with E-state index in [-0.39, 0.29) is 5.56 Å². The maximum atomic E-state index is 15.2. The van der Waals surface area contributed by atoms with Gasteiger partial charge in [-0.3, -0.25) is 0 Å². The summed E-state index contributed by atoms with van der Waals surface area (Å²) in [5, 5.41) is 15.6. The third kappa shape index (κ3) is 6.83. The van der Waals surface area contributed by atoms with Crippen molar-refractivity contribution in [3.05, 3.63) is 242 Å². The van der Waals surface area contributed by atoms with E-state index < -0.39 is 11.7 Å². The fraction of sp³-hybridized carbons (Fsp3) is 0.0161. The molecule has 0 aliphatic rings.